The first-order valence-corrected chi connectivity index (χ1v) is 7.60. The second kappa shape index (κ2) is 6.39. The Balaban J connectivity index is 2.48. The standard InChI is InChI=1S/C15H18ClN3S/c1-9-6-13(15(19-18)8-14(9)17)11-4-3-5-12(7-11)20-10(2)16/h3-8,10,19H,17-18H2,1-2H3. The molecule has 2 aromatic rings. The minimum atomic E-state index is 0.0329. The van der Waals surface area contributed by atoms with Crippen LogP contribution in [-0.2, 0) is 0 Å². The Bertz CT molecular complexity index is 614. The third kappa shape index (κ3) is 3.39. The molecule has 5 heteroatoms. The summed E-state index contributed by atoms with van der Waals surface area (Å²) in [5.41, 5.74) is 13.3. The van der Waals surface area contributed by atoms with Crippen molar-refractivity contribution < 1.29 is 0 Å². The van der Waals surface area contributed by atoms with Crippen molar-refractivity contribution in [3.63, 3.8) is 0 Å². The molecule has 0 heterocycles. The number of aryl methyl sites for hydroxylation is 1. The Kier molecular flexibility index (Phi) is 4.81. The van der Waals surface area contributed by atoms with Crippen LogP contribution in [0.4, 0.5) is 11.4 Å². The minimum Gasteiger partial charge on any atom is -0.398 e. The van der Waals surface area contributed by atoms with Crippen LogP contribution in [0, 0.1) is 6.92 Å². The first kappa shape index (κ1) is 15.0. The maximum absolute atomic E-state index is 6.03. The van der Waals surface area contributed by atoms with Crippen LogP contribution < -0.4 is 17.0 Å². The summed E-state index contributed by atoms with van der Waals surface area (Å²) < 4.78 is 0.0329. The van der Waals surface area contributed by atoms with Gasteiger partial charge in [-0.15, -0.1) is 23.4 Å². The quantitative estimate of drug-likeness (QED) is 0.260. The zero-order chi connectivity index (χ0) is 14.7. The van der Waals surface area contributed by atoms with Gasteiger partial charge in [0.2, 0.25) is 0 Å². The Labute approximate surface area is 128 Å². The van der Waals surface area contributed by atoms with Gasteiger partial charge in [0.05, 0.1) is 10.4 Å². The fourth-order valence-electron chi connectivity index (χ4n) is 2.01. The number of benzene rings is 2. The van der Waals surface area contributed by atoms with Crippen molar-refractivity contribution in [2.45, 2.75) is 23.5 Å². The van der Waals surface area contributed by atoms with Crippen molar-refractivity contribution >= 4 is 34.7 Å². The van der Waals surface area contributed by atoms with Gasteiger partial charge in [0.15, 0.2) is 0 Å². The second-order valence-electron chi connectivity index (χ2n) is 4.59. The summed E-state index contributed by atoms with van der Waals surface area (Å²) in [7, 11) is 0. The molecule has 0 aliphatic heterocycles. The minimum absolute atomic E-state index is 0.0329. The topological polar surface area (TPSA) is 64.1 Å². The highest BCUT2D eigenvalue weighted by Crippen LogP contribution is 2.34. The Hall–Kier alpha value is -1.36. The summed E-state index contributed by atoms with van der Waals surface area (Å²) in [6.45, 7) is 3.94. The average molecular weight is 308 g/mol. The van der Waals surface area contributed by atoms with Gasteiger partial charge in [-0.2, -0.15) is 0 Å². The van der Waals surface area contributed by atoms with Crippen LogP contribution in [-0.4, -0.2) is 4.71 Å². The largest absolute Gasteiger partial charge is 0.398 e. The third-order valence-corrected chi connectivity index (χ3v) is 4.12. The molecule has 0 amide bonds. The molecule has 106 valence electrons. The lowest BCUT2D eigenvalue weighted by atomic mass is 10.0. The number of nitrogens with one attached hydrogen (secondary N) is 1. The molecule has 0 radical (unpaired) electrons. The zero-order valence-corrected chi connectivity index (χ0v) is 13.1. The van der Waals surface area contributed by atoms with Gasteiger partial charge < -0.3 is 11.2 Å². The SMILES string of the molecule is Cc1cc(-c2cccc(SC(C)Cl)c2)c(NN)cc1N. The maximum Gasteiger partial charge on any atom is 0.0807 e. The predicted molar refractivity (Wildman–Crippen MR) is 90.0 cm³/mol. The second-order valence-corrected chi connectivity index (χ2v) is 6.92. The summed E-state index contributed by atoms with van der Waals surface area (Å²) in [6, 6.07) is 12.1. The van der Waals surface area contributed by atoms with E-state index in [1.165, 1.54) is 0 Å². The summed E-state index contributed by atoms with van der Waals surface area (Å²) in [6.07, 6.45) is 0. The summed E-state index contributed by atoms with van der Waals surface area (Å²) in [4.78, 5) is 1.13. The smallest absolute Gasteiger partial charge is 0.0807 e. The molecule has 0 aliphatic rings. The highest BCUT2D eigenvalue weighted by molar-refractivity contribution is 8.01. The van der Waals surface area contributed by atoms with E-state index >= 15 is 0 Å². The molecule has 2 aromatic carbocycles. The average Bonchev–Trinajstić information content (AvgIpc) is 2.41. The van der Waals surface area contributed by atoms with Crippen LogP contribution in [0.3, 0.4) is 0 Å². The van der Waals surface area contributed by atoms with Crippen molar-refractivity contribution in [1.29, 1.82) is 0 Å². The molecule has 0 spiro atoms. The van der Waals surface area contributed by atoms with Crippen molar-refractivity contribution in [2.24, 2.45) is 5.84 Å². The third-order valence-electron chi connectivity index (χ3n) is 3.01. The lowest BCUT2D eigenvalue weighted by molar-refractivity contribution is 1.33. The monoisotopic (exact) mass is 307 g/mol. The molecular weight excluding hydrogens is 290 g/mol. The van der Waals surface area contributed by atoms with Crippen molar-refractivity contribution in [1.82, 2.24) is 0 Å². The molecule has 5 N–H and O–H groups in total. The van der Waals surface area contributed by atoms with Crippen LogP contribution in [0.1, 0.15) is 12.5 Å². The highest BCUT2D eigenvalue weighted by atomic mass is 35.5. The molecule has 0 saturated carbocycles. The van der Waals surface area contributed by atoms with E-state index in [0.717, 1.165) is 33.0 Å². The highest BCUT2D eigenvalue weighted by Gasteiger charge is 2.09. The molecule has 1 atom stereocenters. The van der Waals surface area contributed by atoms with Gasteiger partial charge in [-0.3, -0.25) is 5.84 Å². The molecule has 0 fully saturated rings. The van der Waals surface area contributed by atoms with Crippen molar-refractivity contribution in [3.8, 4) is 11.1 Å². The molecule has 0 saturated heterocycles. The van der Waals surface area contributed by atoms with Crippen LogP contribution in [0.5, 0.6) is 0 Å². The molecule has 0 aromatic heterocycles. The van der Waals surface area contributed by atoms with E-state index in [9.17, 15) is 0 Å². The molecular formula is C15H18ClN3S. The lowest BCUT2D eigenvalue weighted by Crippen LogP contribution is -2.09. The van der Waals surface area contributed by atoms with Gasteiger partial charge in [0, 0.05) is 16.1 Å². The number of anilines is 2. The van der Waals surface area contributed by atoms with Crippen LogP contribution in [0.2, 0.25) is 0 Å². The summed E-state index contributed by atoms with van der Waals surface area (Å²) in [5, 5.41) is 0. The summed E-state index contributed by atoms with van der Waals surface area (Å²) >= 11 is 7.65. The number of alkyl halides is 1. The van der Waals surface area contributed by atoms with Gasteiger partial charge in [-0.05, 0) is 49.2 Å². The number of rotatable bonds is 4. The van der Waals surface area contributed by atoms with Gasteiger partial charge in [0.1, 0.15) is 0 Å². The number of hydrogen-bond acceptors (Lipinski definition) is 4. The Morgan fingerprint density at radius 3 is 2.65 bits per heavy atom. The molecule has 1 unspecified atom stereocenters. The number of nitrogen functional groups attached to an aromatic ring is 2. The molecule has 20 heavy (non-hydrogen) atoms. The van der Waals surface area contributed by atoms with Crippen LogP contribution >= 0.6 is 23.4 Å². The lowest BCUT2D eigenvalue weighted by Gasteiger charge is -2.13. The number of hydrogen-bond donors (Lipinski definition) is 3. The van der Waals surface area contributed by atoms with E-state index in [1.807, 2.05) is 38.1 Å². The normalized spacial score (nSPS) is 12.2. The van der Waals surface area contributed by atoms with Gasteiger partial charge in [0.25, 0.3) is 0 Å². The van der Waals surface area contributed by atoms with Gasteiger partial charge >= 0.3 is 0 Å². The van der Waals surface area contributed by atoms with E-state index in [4.69, 9.17) is 23.2 Å². The first-order chi connectivity index (χ1) is 9.51. The Morgan fingerprint density at radius 2 is 2.00 bits per heavy atom. The van der Waals surface area contributed by atoms with Crippen molar-refractivity contribution in [2.75, 3.05) is 11.2 Å². The molecule has 3 nitrogen and oxygen atoms in total. The maximum atomic E-state index is 6.03. The molecule has 0 bridgehead atoms. The number of nitrogens with two attached hydrogens (primary N) is 2. The summed E-state index contributed by atoms with van der Waals surface area (Å²) in [5.74, 6) is 5.59. The van der Waals surface area contributed by atoms with Gasteiger partial charge in [-0.1, -0.05) is 12.1 Å². The van der Waals surface area contributed by atoms with Crippen molar-refractivity contribution in [3.05, 3.63) is 42.0 Å². The molecule has 0 aliphatic carbocycles. The van der Waals surface area contributed by atoms with E-state index in [-0.39, 0.29) is 4.71 Å². The fraction of sp³-hybridized carbons (Fsp3) is 0.200. The van der Waals surface area contributed by atoms with Gasteiger partial charge in [-0.25, -0.2) is 0 Å². The first-order valence-electron chi connectivity index (χ1n) is 6.29. The fourth-order valence-corrected chi connectivity index (χ4v) is 3.04. The zero-order valence-electron chi connectivity index (χ0n) is 11.5. The van der Waals surface area contributed by atoms with E-state index in [2.05, 4.69) is 17.6 Å². The Morgan fingerprint density at radius 1 is 1.25 bits per heavy atom. The van der Waals surface area contributed by atoms with E-state index in [0.29, 0.717) is 0 Å². The molecule has 2 rings (SSSR count). The van der Waals surface area contributed by atoms with Crippen LogP contribution in [0.25, 0.3) is 11.1 Å². The number of thioether (sulfide) groups is 1. The van der Waals surface area contributed by atoms with E-state index < -0.39 is 0 Å². The predicted octanol–water partition coefficient (Wildman–Crippen LogP) is 4.21. The number of halogens is 1. The number of hydrazine groups is 1. The van der Waals surface area contributed by atoms with Crippen LogP contribution in [0.15, 0.2) is 41.3 Å². The van der Waals surface area contributed by atoms with E-state index in [1.54, 1.807) is 11.8 Å².